The third-order valence-corrected chi connectivity index (χ3v) is 3.38. The van der Waals surface area contributed by atoms with Gasteiger partial charge in [0.2, 0.25) is 0 Å². The number of anilines is 1. The fourth-order valence-corrected chi connectivity index (χ4v) is 2.43. The molecule has 1 aromatic rings. The molecule has 104 valence electrons. The molecule has 0 unspecified atom stereocenters. The molecule has 0 radical (unpaired) electrons. The third-order valence-electron chi connectivity index (χ3n) is 3.38. The number of nitrogen functional groups attached to an aromatic ring is 1. The summed E-state index contributed by atoms with van der Waals surface area (Å²) < 4.78 is 0. The molecule has 5 nitrogen and oxygen atoms in total. The Labute approximate surface area is 114 Å². The predicted molar refractivity (Wildman–Crippen MR) is 78.7 cm³/mol. The Morgan fingerprint density at radius 2 is 2.05 bits per heavy atom. The molecular formula is C14H23N5. The van der Waals surface area contributed by atoms with Gasteiger partial charge in [-0.2, -0.15) is 0 Å². The van der Waals surface area contributed by atoms with Gasteiger partial charge in [-0.1, -0.05) is 13.8 Å². The molecule has 1 aromatic heterocycles. The average molecular weight is 261 g/mol. The Morgan fingerprint density at radius 1 is 1.37 bits per heavy atom. The van der Waals surface area contributed by atoms with Gasteiger partial charge in [0.15, 0.2) is 0 Å². The van der Waals surface area contributed by atoms with Gasteiger partial charge in [-0.3, -0.25) is 10.3 Å². The second-order valence-corrected chi connectivity index (χ2v) is 5.50. The van der Waals surface area contributed by atoms with Crippen LogP contribution in [-0.2, 0) is 0 Å². The van der Waals surface area contributed by atoms with Crippen molar-refractivity contribution in [2.75, 3.05) is 37.6 Å². The first-order valence-corrected chi connectivity index (χ1v) is 6.84. The summed E-state index contributed by atoms with van der Waals surface area (Å²) in [6, 6.07) is 3.68. The largest absolute Gasteiger partial charge is 0.384 e. The maximum Gasteiger partial charge on any atom is 0.129 e. The molecule has 1 saturated heterocycles. The zero-order chi connectivity index (χ0) is 13.8. The van der Waals surface area contributed by atoms with Gasteiger partial charge in [0.25, 0.3) is 0 Å². The van der Waals surface area contributed by atoms with Crippen LogP contribution in [0.2, 0.25) is 0 Å². The Balaban J connectivity index is 1.97. The highest BCUT2D eigenvalue weighted by Crippen LogP contribution is 2.15. The third kappa shape index (κ3) is 3.67. The lowest BCUT2D eigenvalue weighted by Gasteiger charge is -2.36. The Morgan fingerprint density at radius 3 is 2.63 bits per heavy atom. The molecule has 5 heteroatoms. The van der Waals surface area contributed by atoms with Gasteiger partial charge in [0, 0.05) is 44.5 Å². The van der Waals surface area contributed by atoms with Gasteiger partial charge in [-0.05, 0) is 18.1 Å². The Bertz CT molecular complexity index is 435. The van der Waals surface area contributed by atoms with E-state index in [0.29, 0.717) is 5.92 Å². The van der Waals surface area contributed by atoms with E-state index in [0.717, 1.165) is 44.1 Å². The van der Waals surface area contributed by atoms with Crippen molar-refractivity contribution in [1.82, 2.24) is 9.88 Å². The maximum absolute atomic E-state index is 7.48. The molecule has 3 N–H and O–H groups in total. The molecule has 0 amide bonds. The van der Waals surface area contributed by atoms with Gasteiger partial charge < -0.3 is 10.6 Å². The summed E-state index contributed by atoms with van der Waals surface area (Å²) in [4.78, 5) is 9.15. The quantitative estimate of drug-likeness (QED) is 0.630. The van der Waals surface area contributed by atoms with Crippen LogP contribution in [0.1, 0.15) is 19.4 Å². The van der Waals surface area contributed by atoms with Crippen molar-refractivity contribution in [3.63, 3.8) is 0 Å². The molecule has 1 aliphatic rings. The molecule has 2 rings (SSSR count). The maximum atomic E-state index is 7.48. The summed E-state index contributed by atoms with van der Waals surface area (Å²) in [5.74, 6) is 1.74. The van der Waals surface area contributed by atoms with E-state index in [-0.39, 0.29) is 5.84 Å². The first-order valence-electron chi connectivity index (χ1n) is 6.84. The summed E-state index contributed by atoms with van der Waals surface area (Å²) in [5.41, 5.74) is 6.26. The molecule has 19 heavy (non-hydrogen) atoms. The van der Waals surface area contributed by atoms with E-state index in [1.54, 1.807) is 12.3 Å². The fraction of sp³-hybridized carbons (Fsp3) is 0.571. The Kier molecular flexibility index (Phi) is 4.37. The number of nitrogens with two attached hydrogens (primary N) is 1. The number of aromatic nitrogens is 1. The summed E-state index contributed by atoms with van der Waals surface area (Å²) in [6.45, 7) is 9.79. The SMILES string of the molecule is CC(C)CN1CCN(c2cc(C(=N)N)ccn2)CC1. The van der Waals surface area contributed by atoms with Crippen molar-refractivity contribution in [2.24, 2.45) is 11.7 Å². The summed E-state index contributed by atoms with van der Waals surface area (Å²) in [6.07, 6.45) is 1.73. The van der Waals surface area contributed by atoms with E-state index in [2.05, 4.69) is 28.6 Å². The fourth-order valence-electron chi connectivity index (χ4n) is 2.43. The van der Waals surface area contributed by atoms with Crippen molar-refractivity contribution >= 4 is 11.7 Å². The second-order valence-electron chi connectivity index (χ2n) is 5.50. The summed E-state index contributed by atoms with van der Waals surface area (Å²) in [5, 5.41) is 7.48. The number of hydrogen-bond acceptors (Lipinski definition) is 4. The first-order chi connectivity index (χ1) is 9.06. The van der Waals surface area contributed by atoms with E-state index < -0.39 is 0 Å². The van der Waals surface area contributed by atoms with E-state index in [1.807, 2.05) is 6.07 Å². The molecular weight excluding hydrogens is 238 g/mol. The Hall–Kier alpha value is -1.62. The lowest BCUT2D eigenvalue weighted by molar-refractivity contribution is 0.231. The highest BCUT2D eigenvalue weighted by molar-refractivity contribution is 5.95. The van der Waals surface area contributed by atoms with Crippen LogP contribution in [-0.4, -0.2) is 48.4 Å². The number of hydrogen-bond donors (Lipinski definition) is 2. The number of pyridine rings is 1. The van der Waals surface area contributed by atoms with Crippen LogP contribution >= 0.6 is 0 Å². The molecule has 1 aliphatic heterocycles. The number of nitrogens with zero attached hydrogens (tertiary/aromatic N) is 3. The normalized spacial score (nSPS) is 16.9. The van der Waals surface area contributed by atoms with Crippen LogP contribution in [0, 0.1) is 11.3 Å². The lowest BCUT2D eigenvalue weighted by atomic mass is 10.2. The number of nitrogens with one attached hydrogen (secondary N) is 1. The highest BCUT2D eigenvalue weighted by Gasteiger charge is 2.18. The van der Waals surface area contributed by atoms with Gasteiger partial charge >= 0.3 is 0 Å². The monoisotopic (exact) mass is 261 g/mol. The second kappa shape index (κ2) is 6.02. The van der Waals surface area contributed by atoms with Gasteiger partial charge in [0.05, 0.1) is 0 Å². The van der Waals surface area contributed by atoms with Crippen LogP contribution in [0.25, 0.3) is 0 Å². The van der Waals surface area contributed by atoms with Gasteiger partial charge in [-0.25, -0.2) is 4.98 Å². The van der Waals surface area contributed by atoms with Gasteiger partial charge in [-0.15, -0.1) is 0 Å². The minimum atomic E-state index is 0.0992. The van der Waals surface area contributed by atoms with E-state index in [4.69, 9.17) is 11.1 Å². The molecule has 0 atom stereocenters. The van der Waals surface area contributed by atoms with Gasteiger partial charge in [0.1, 0.15) is 11.7 Å². The van der Waals surface area contributed by atoms with E-state index in [1.165, 1.54) is 0 Å². The summed E-state index contributed by atoms with van der Waals surface area (Å²) in [7, 11) is 0. The topological polar surface area (TPSA) is 69.2 Å². The van der Waals surface area contributed by atoms with Crippen molar-refractivity contribution in [3.8, 4) is 0 Å². The minimum Gasteiger partial charge on any atom is -0.384 e. The molecule has 2 heterocycles. The smallest absolute Gasteiger partial charge is 0.129 e. The lowest BCUT2D eigenvalue weighted by Crippen LogP contribution is -2.47. The van der Waals surface area contributed by atoms with Crippen LogP contribution in [0.5, 0.6) is 0 Å². The van der Waals surface area contributed by atoms with Crippen LogP contribution in [0.4, 0.5) is 5.82 Å². The van der Waals surface area contributed by atoms with Crippen molar-refractivity contribution in [2.45, 2.75) is 13.8 Å². The van der Waals surface area contributed by atoms with Crippen LogP contribution in [0.15, 0.2) is 18.3 Å². The molecule has 0 aliphatic carbocycles. The van der Waals surface area contributed by atoms with Crippen LogP contribution in [0.3, 0.4) is 0 Å². The van der Waals surface area contributed by atoms with Crippen molar-refractivity contribution in [3.05, 3.63) is 23.9 Å². The zero-order valence-electron chi connectivity index (χ0n) is 11.8. The zero-order valence-corrected chi connectivity index (χ0v) is 11.8. The van der Waals surface area contributed by atoms with Crippen LogP contribution < -0.4 is 10.6 Å². The summed E-state index contributed by atoms with van der Waals surface area (Å²) >= 11 is 0. The average Bonchev–Trinajstić information content (AvgIpc) is 2.39. The molecule has 0 spiro atoms. The number of piperazine rings is 1. The van der Waals surface area contributed by atoms with E-state index >= 15 is 0 Å². The number of rotatable bonds is 4. The molecule has 0 bridgehead atoms. The number of amidine groups is 1. The highest BCUT2D eigenvalue weighted by atomic mass is 15.3. The van der Waals surface area contributed by atoms with Crippen molar-refractivity contribution < 1.29 is 0 Å². The molecule has 1 fully saturated rings. The standard InChI is InChI=1S/C14H23N5/c1-11(2)10-18-5-7-19(8-6-18)13-9-12(14(15)16)3-4-17-13/h3-4,9,11H,5-8,10H2,1-2H3,(H3,15,16). The predicted octanol–water partition coefficient (Wildman–Crippen LogP) is 1.14. The molecule has 0 aromatic carbocycles. The molecule has 0 saturated carbocycles. The minimum absolute atomic E-state index is 0.0992. The first kappa shape index (κ1) is 13.8. The van der Waals surface area contributed by atoms with E-state index in [9.17, 15) is 0 Å². The van der Waals surface area contributed by atoms with Crippen molar-refractivity contribution in [1.29, 1.82) is 5.41 Å².